The summed E-state index contributed by atoms with van der Waals surface area (Å²) in [6.45, 7) is 0.288. The van der Waals surface area contributed by atoms with Crippen LogP contribution in [-0.4, -0.2) is 10.5 Å². The topological polar surface area (TPSA) is 34.4 Å². The van der Waals surface area contributed by atoms with Gasteiger partial charge in [-0.05, 0) is 36.4 Å². The monoisotopic (exact) mass is 360 g/mol. The normalized spacial score (nSPS) is 11.6. The Morgan fingerprint density at radius 3 is 2.65 bits per heavy atom. The molecule has 0 unspecified atom stereocenters. The van der Waals surface area contributed by atoms with Gasteiger partial charge in [0.15, 0.2) is 4.80 Å². The number of para-hydroxylation sites is 1. The van der Waals surface area contributed by atoms with E-state index >= 15 is 0 Å². The first-order chi connectivity index (χ1) is 11.1. The van der Waals surface area contributed by atoms with E-state index in [4.69, 9.17) is 29.6 Å². The highest BCUT2D eigenvalue weighted by Gasteiger charge is 2.11. The Labute approximate surface area is 146 Å². The number of fused-ring (bicyclic) bond motifs is 1. The number of nitrogens with zero attached hydrogens (tertiary/aromatic N) is 2. The van der Waals surface area contributed by atoms with Crippen molar-refractivity contribution in [1.82, 2.24) is 4.57 Å². The fourth-order valence-corrected chi connectivity index (χ4v) is 3.67. The summed E-state index contributed by atoms with van der Waals surface area (Å²) in [4.78, 5) is 17.1. The molecule has 0 atom stereocenters. The van der Waals surface area contributed by atoms with Crippen LogP contribution in [0.3, 0.4) is 0 Å². The zero-order valence-corrected chi connectivity index (χ0v) is 14.1. The van der Waals surface area contributed by atoms with Crippen LogP contribution in [0.25, 0.3) is 10.2 Å². The van der Waals surface area contributed by atoms with Crippen molar-refractivity contribution >= 4 is 50.7 Å². The average Bonchev–Trinajstić information content (AvgIpc) is 2.87. The van der Waals surface area contributed by atoms with Gasteiger partial charge in [-0.3, -0.25) is 4.79 Å². The fourth-order valence-electron chi connectivity index (χ4n) is 2.15. The number of hydrogen-bond acceptors (Lipinski definition) is 2. The minimum Gasteiger partial charge on any atom is -0.303 e. The van der Waals surface area contributed by atoms with E-state index in [1.807, 2.05) is 12.1 Å². The lowest BCUT2D eigenvalue weighted by atomic mass is 10.2. The third kappa shape index (κ3) is 3.18. The van der Waals surface area contributed by atoms with Crippen molar-refractivity contribution in [2.75, 3.05) is 0 Å². The van der Waals surface area contributed by atoms with Crippen LogP contribution in [0.4, 0.5) is 0 Å². The highest BCUT2D eigenvalue weighted by atomic mass is 35.5. The second-order valence-corrected chi connectivity index (χ2v) is 6.54. The van der Waals surface area contributed by atoms with Crippen LogP contribution in [0.1, 0.15) is 10.4 Å². The second kappa shape index (κ2) is 6.59. The summed E-state index contributed by atoms with van der Waals surface area (Å²) >= 11 is 13.5. The Morgan fingerprint density at radius 1 is 1.22 bits per heavy atom. The van der Waals surface area contributed by atoms with Crippen LogP contribution in [-0.2, 0) is 6.54 Å². The van der Waals surface area contributed by atoms with Crippen LogP contribution in [0.5, 0.6) is 0 Å². The summed E-state index contributed by atoms with van der Waals surface area (Å²) in [5.74, 6) is 2.22. The molecular weight excluding hydrogens is 351 g/mol. The molecule has 0 aliphatic carbocycles. The summed E-state index contributed by atoms with van der Waals surface area (Å²) in [5.41, 5.74) is 1.25. The number of halogens is 2. The minimum absolute atomic E-state index is 0.288. The van der Waals surface area contributed by atoms with Gasteiger partial charge in [0.25, 0.3) is 5.91 Å². The van der Waals surface area contributed by atoms with Gasteiger partial charge in [0.05, 0.1) is 21.8 Å². The van der Waals surface area contributed by atoms with Gasteiger partial charge >= 0.3 is 0 Å². The molecule has 0 radical (unpaired) electrons. The first-order valence-corrected chi connectivity index (χ1v) is 8.23. The highest BCUT2D eigenvalue weighted by molar-refractivity contribution is 7.16. The largest absolute Gasteiger partial charge is 0.303 e. The number of hydrogen-bond donors (Lipinski definition) is 0. The zero-order chi connectivity index (χ0) is 16.4. The lowest BCUT2D eigenvalue weighted by molar-refractivity contribution is 0.0998. The molecule has 0 aliphatic rings. The Balaban J connectivity index is 2.17. The van der Waals surface area contributed by atoms with E-state index in [1.54, 1.807) is 34.9 Å². The summed E-state index contributed by atoms with van der Waals surface area (Å²) in [5, 5.41) is 1.15. The first-order valence-electron chi connectivity index (χ1n) is 6.66. The number of rotatable bonds is 2. The SMILES string of the molecule is C#CCn1c(=NC(=O)c2ccc(Cl)cc2)sc2cccc(Cl)c21. The molecule has 0 aliphatic heterocycles. The Hall–Kier alpha value is -2.06. The van der Waals surface area contributed by atoms with Crippen molar-refractivity contribution in [2.45, 2.75) is 6.54 Å². The molecule has 1 amide bonds. The van der Waals surface area contributed by atoms with Gasteiger partial charge < -0.3 is 4.57 Å². The maximum Gasteiger partial charge on any atom is 0.279 e. The van der Waals surface area contributed by atoms with Gasteiger partial charge in [-0.1, -0.05) is 46.5 Å². The third-order valence-electron chi connectivity index (χ3n) is 3.19. The minimum atomic E-state index is -0.352. The summed E-state index contributed by atoms with van der Waals surface area (Å²) in [6, 6.07) is 12.1. The van der Waals surface area contributed by atoms with E-state index in [9.17, 15) is 4.79 Å². The van der Waals surface area contributed by atoms with Gasteiger partial charge in [0, 0.05) is 10.6 Å². The average molecular weight is 361 g/mol. The molecule has 0 spiro atoms. The number of carbonyl (C=O) groups excluding carboxylic acids is 1. The molecule has 3 rings (SSSR count). The number of terminal acetylenes is 1. The molecule has 3 nitrogen and oxygen atoms in total. The molecule has 3 aromatic rings. The van der Waals surface area contributed by atoms with Crippen LogP contribution in [0.15, 0.2) is 47.5 Å². The number of thiazole rings is 1. The molecule has 0 saturated heterocycles. The molecule has 0 fully saturated rings. The maximum atomic E-state index is 12.3. The van der Waals surface area contributed by atoms with E-state index in [1.165, 1.54) is 11.3 Å². The molecular formula is C17H10Cl2N2OS. The summed E-state index contributed by atoms with van der Waals surface area (Å²) < 4.78 is 2.70. The molecule has 0 N–H and O–H groups in total. The Morgan fingerprint density at radius 2 is 1.96 bits per heavy atom. The van der Waals surface area contributed by atoms with Crippen molar-refractivity contribution in [2.24, 2.45) is 4.99 Å². The van der Waals surface area contributed by atoms with Gasteiger partial charge in [0.2, 0.25) is 0 Å². The molecule has 6 heteroatoms. The van der Waals surface area contributed by atoms with Crippen LogP contribution < -0.4 is 4.80 Å². The molecule has 2 aromatic carbocycles. The summed E-state index contributed by atoms with van der Waals surface area (Å²) in [7, 11) is 0. The summed E-state index contributed by atoms with van der Waals surface area (Å²) in [6.07, 6.45) is 5.44. The molecule has 0 saturated carbocycles. The second-order valence-electron chi connectivity index (χ2n) is 4.69. The van der Waals surface area contributed by atoms with Gasteiger partial charge in [-0.2, -0.15) is 4.99 Å². The van der Waals surface area contributed by atoms with E-state index < -0.39 is 0 Å². The first kappa shape index (κ1) is 15.8. The fraction of sp³-hybridized carbons (Fsp3) is 0.0588. The van der Waals surface area contributed by atoms with E-state index in [0.717, 1.165) is 10.2 Å². The van der Waals surface area contributed by atoms with Gasteiger partial charge in [-0.25, -0.2) is 0 Å². The van der Waals surface area contributed by atoms with Crippen LogP contribution in [0, 0.1) is 12.3 Å². The lowest BCUT2D eigenvalue weighted by Crippen LogP contribution is -2.16. The van der Waals surface area contributed by atoms with Crippen molar-refractivity contribution in [3.8, 4) is 12.3 Å². The zero-order valence-electron chi connectivity index (χ0n) is 11.8. The number of carbonyl (C=O) groups is 1. The van der Waals surface area contributed by atoms with Crippen molar-refractivity contribution in [1.29, 1.82) is 0 Å². The predicted octanol–water partition coefficient (Wildman–Crippen LogP) is 4.38. The van der Waals surface area contributed by atoms with Gasteiger partial charge in [-0.15, -0.1) is 6.42 Å². The molecule has 23 heavy (non-hydrogen) atoms. The molecule has 1 heterocycles. The molecule has 1 aromatic heterocycles. The smallest absolute Gasteiger partial charge is 0.279 e. The van der Waals surface area contributed by atoms with Crippen molar-refractivity contribution in [3.63, 3.8) is 0 Å². The van der Waals surface area contributed by atoms with Gasteiger partial charge in [0.1, 0.15) is 0 Å². The standard InChI is InChI=1S/C17H10Cl2N2OS/c1-2-10-21-15-13(19)4-3-5-14(15)23-17(21)20-16(22)11-6-8-12(18)9-7-11/h1,3-9H,10H2. The van der Waals surface area contributed by atoms with E-state index in [-0.39, 0.29) is 12.5 Å². The number of amides is 1. The van der Waals surface area contributed by atoms with E-state index in [2.05, 4.69) is 10.9 Å². The Bertz CT molecular complexity index is 994. The predicted molar refractivity (Wildman–Crippen MR) is 95.0 cm³/mol. The maximum absolute atomic E-state index is 12.3. The lowest BCUT2D eigenvalue weighted by Gasteiger charge is -2.01. The number of aromatic nitrogens is 1. The number of benzene rings is 2. The Kier molecular flexibility index (Phi) is 4.53. The molecule has 114 valence electrons. The third-order valence-corrected chi connectivity index (χ3v) is 4.79. The quantitative estimate of drug-likeness (QED) is 0.624. The van der Waals surface area contributed by atoms with Crippen LogP contribution in [0.2, 0.25) is 10.0 Å². The molecule has 0 bridgehead atoms. The van der Waals surface area contributed by atoms with Crippen molar-refractivity contribution < 1.29 is 4.79 Å². The van der Waals surface area contributed by atoms with E-state index in [0.29, 0.717) is 20.4 Å². The van der Waals surface area contributed by atoms with Crippen LogP contribution >= 0.6 is 34.5 Å². The highest BCUT2D eigenvalue weighted by Crippen LogP contribution is 2.25. The van der Waals surface area contributed by atoms with Crippen molar-refractivity contribution in [3.05, 3.63) is 62.9 Å².